The number of amides is 1. The molecule has 0 spiro atoms. The van der Waals surface area contributed by atoms with Gasteiger partial charge in [-0.2, -0.15) is 0 Å². The van der Waals surface area contributed by atoms with Crippen LogP contribution in [0.5, 0.6) is 0 Å². The maximum Gasteiger partial charge on any atom is 0.261 e. The molecule has 1 fully saturated rings. The minimum absolute atomic E-state index is 0.0179. The summed E-state index contributed by atoms with van der Waals surface area (Å²) in [6.07, 6.45) is 5.32. The number of ether oxygens (including phenoxy) is 1. The van der Waals surface area contributed by atoms with Gasteiger partial charge in [-0.1, -0.05) is 12.8 Å². The van der Waals surface area contributed by atoms with Crippen LogP contribution in [0.25, 0.3) is 0 Å². The van der Waals surface area contributed by atoms with E-state index in [1.165, 1.54) is 37.0 Å². The highest BCUT2D eigenvalue weighted by Crippen LogP contribution is 2.22. The van der Waals surface area contributed by atoms with Crippen LogP contribution in [0.15, 0.2) is 15.9 Å². The summed E-state index contributed by atoms with van der Waals surface area (Å²) >= 11 is 4.78. The van der Waals surface area contributed by atoms with Crippen molar-refractivity contribution in [3.63, 3.8) is 0 Å². The summed E-state index contributed by atoms with van der Waals surface area (Å²) in [6, 6.07) is 3.70. The summed E-state index contributed by atoms with van der Waals surface area (Å²) in [5.74, 6) is -0.0179. The van der Waals surface area contributed by atoms with Gasteiger partial charge in [-0.3, -0.25) is 4.79 Å². The molecule has 1 amide bonds. The number of nitrogens with one attached hydrogen (secondary N) is 1. The van der Waals surface area contributed by atoms with E-state index in [-0.39, 0.29) is 5.91 Å². The van der Waals surface area contributed by atoms with Crippen molar-refractivity contribution in [2.75, 3.05) is 13.2 Å². The zero-order chi connectivity index (χ0) is 12.1. The van der Waals surface area contributed by atoms with Gasteiger partial charge in [-0.25, -0.2) is 0 Å². The Bertz CT molecular complexity index is 374. The van der Waals surface area contributed by atoms with Crippen molar-refractivity contribution in [3.8, 4) is 0 Å². The lowest BCUT2D eigenvalue weighted by Crippen LogP contribution is -2.27. The normalized spacial score (nSPS) is 16.3. The van der Waals surface area contributed by atoms with Gasteiger partial charge in [0.1, 0.15) is 0 Å². The summed E-state index contributed by atoms with van der Waals surface area (Å²) in [5, 5.41) is 2.86. The summed E-state index contributed by atoms with van der Waals surface area (Å²) in [4.78, 5) is 12.4. The van der Waals surface area contributed by atoms with Gasteiger partial charge < -0.3 is 10.1 Å². The highest BCUT2D eigenvalue weighted by molar-refractivity contribution is 9.11. The van der Waals surface area contributed by atoms with Crippen LogP contribution in [0, 0.1) is 0 Å². The molecule has 0 aliphatic heterocycles. The lowest BCUT2D eigenvalue weighted by molar-refractivity contribution is 0.0582. The van der Waals surface area contributed by atoms with E-state index in [4.69, 9.17) is 4.74 Å². The second-order valence-corrected chi connectivity index (χ2v) is 6.60. The molecule has 0 atom stereocenters. The number of thiophene rings is 1. The predicted octanol–water partition coefficient (Wildman–Crippen LogP) is 3.20. The van der Waals surface area contributed by atoms with Gasteiger partial charge in [0.25, 0.3) is 5.91 Å². The van der Waals surface area contributed by atoms with Crippen molar-refractivity contribution < 1.29 is 9.53 Å². The molecular weight excluding hydrogens is 302 g/mol. The minimum Gasteiger partial charge on any atom is -0.376 e. The standard InChI is InChI=1S/C12H16BrNO2S/c13-11-6-5-10(17-11)12(15)14-7-8-16-9-3-1-2-4-9/h5-6,9H,1-4,7-8H2,(H,14,15). The SMILES string of the molecule is O=C(NCCOC1CCCC1)c1ccc(Br)s1. The monoisotopic (exact) mass is 317 g/mol. The summed E-state index contributed by atoms with van der Waals surface area (Å²) in [6.45, 7) is 1.20. The summed E-state index contributed by atoms with van der Waals surface area (Å²) in [7, 11) is 0. The molecule has 1 N–H and O–H groups in total. The van der Waals surface area contributed by atoms with Crippen molar-refractivity contribution in [2.24, 2.45) is 0 Å². The molecule has 1 aromatic rings. The molecule has 1 aromatic heterocycles. The topological polar surface area (TPSA) is 38.3 Å². The smallest absolute Gasteiger partial charge is 0.261 e. The number of rotatable bonds is 5. The van der Waals surface area contributed by atoms with Crippen LogP contribution in [-0.2, 0) is 4.74 Å². The van der Waals surface area contributed by atoms with Crippen molar-refractivity contribution in [3.05, 3.63) is 20.8 Å². The maximum absolute atomic E-state index is 11.7. The number of halogens is 1. The summed E-state index contributed by atoms with van der Waals surface area (Å²) in [5.41, 5.74) is 0. The molecule has 0 radical (unpaired) electrons. The van der Waals surface area contributed by atoms with Gasteiger partial charge in [0, 0.05) is 6.54 Å². The van der Waals surface area contributed by atoms with Crippen LogP contribution in [0.1, 0.15) is 35.4 Å². The second kappa shape index (κ2) is 6.52. The van der Waals surface area contributed by atoms with Crippen molar-refractivity contribution in [2.45, 2.75) is 31.8 Å². The van der Waals surface area contributed by atoms with Gasteiger partial charge in [0.15, 0.2) is 0 Å². The third-order valence-electron chi connectivity index (χ3n) is 2.84. The molecule has 1 saturated carbocycles. The Balaban J connectivity index is 1.63. The van der Waals surface area contributed by atoms with Crippen LogP contribution in [0.3, 0.4) is 0 Å². The van der Waals surface area contributed by atoms with E-state index in [0.717, 1.165) is 8.66 Å². The zero-order valence-corrected chi connectivity index (χ0v) is 12.0. The first-order valence-corrected chi connectivity index (χ1v) is 7.52. The van der Waals surface area contributed by atoms with E-state index in [9.17, 15) is 4.79 Å². The minimum atomic E-state index is -0.0179. The van der Waals surface area contributed by atoms with Crippen LogP contribution >= 0.6 is 27.3 Å². The molecule has 1 aliphatic rings. The van der Waals surface area contributed by atoms with Crippen molar-refractivity contribution in [1.29, 1.82) is 0 Å². The molecule has 1 heterocycles. The van der Waals surface area contributed by atoms with Crippen LogP contribution in [0.2, 0.25) is 0 Å². The molecule has 0 aromatic carbocycles. The Morgan fingerprint density at radius 2 is 2.24 bits per heavy atom. The van der Waals surface area contributed by atoms with Gasteiger partial charge in [-0.15, -0.1) is 11.3 Å². The molecule has 17 heavy (non-hydrogen) atoms. The number of carbonyl (C=O) groups is 1. The zero-order valence-electron chi connectivity index (χ0n) is 9.58. The number of carbonyl (C=O) groups excluding carboxylic acids is 1. The van der Waals surface area contributed by atoms with Gasteiger partial charge in [0.2, 0.25) is 0 Å². The summed E-state index contributed by atoms with van der Waals surface area (Å²) < 4.78 is 6.65. The maximum atomic E-state index is 11.7. The average Bonchev–Trinajstić information content (AvgIpc) is 2.95. The fourth-order valence-electron chi connectivity index (χ4n) is 1.97. The van der Waals surface area contributed by atoms with E-state index < -0.39 is 0 Å². The fourth-order valence-corrected chi connectivity index (χ4v) is 3.27. The third kappa shape index (κ3) is 4.08. The van der Waals surface area contributed by atoms with Crippen molar-refractivity contribution >= 4 is 33.2 Å². The molecule has 0 saturated heterocycles. The molecule has 0 unspecified atom stereocenters. The Labute approximate surface area is 114 Å². The first kappa shape index (κ1) is 13.1. The molecule has 5 heteroatoms. The molecular formula is C12H16BrNO2S. The molecule has 3 nitrogen and oxygen atoms in total. The van der Waals surface area contributed by atoms with Crippen LogP contribution in [0.4, 0.5) is 0 Å². The lowest BCUT2D eigenvalue weighted by Gasteiger charge is -2.11. The number of hydrogen-bond donors (Lipinski definition) is 1. The van der Waals surface area contributed by atoms with E-state index in [0.29, 0.717) is 19.3 Å². The second-order valence-electron chi connectivity index (χ2n) is 4.14. The first-order valence-electron chi connectivity index (χ1n) is 5.91. The fraction of sp³-hybridized carbons (Fsp3) is 0.583. The Morgan fingerprint density at radius 3 is 2.88 bits per heavy atom. The van der Waals surface area contributed by atoms with Crippen LogP contribution < -0.4 is 5.32 Å². The Kier molecular flexibility index (Phi) is 5.00. The molecule has 0 bridgehead atoms. The molecule has 94 valence electrons. The average molecular weight is 318 g/mol. The van der Waals surface area contributed by atoms with Crippen LogP contribution in [-0.4, -0.2) is 25.2 Å². The Morgan fingerprint density at radius 1 is 1.47 bits per heavy atom. The first-order chi connectivity index (χ1) is 8.25. The van der Waals surface area contributed by atoms with Gasteiger partial charge in [0.05, 0.1) is 21.4 Å². The van der Waals surface area contributed by atoms with Gasteiger partial charge in [-0.05, 0) is 40.9 Å². The highest BCUT2D eigenvalue weighted by atomic mass is 79.9. The third-order valence-corrected chi connectivity index (χ3v) is 4.46. The van der Waals surface area contributed by atoms with Crippen molar-refractivity contribution in [1.82, 2.24) is 5.32 Å². The van der Waals surface area contributed by atoms with E-state index in [1.807, 2.05) is 12.1 Å². The largest absolute Gasteiger partial charge is 0.376 e. The quantitative estimate of drug-likeness (QED) is 0.847. The molecule has 2 rings (SSSR count). The predicted molar refractivity (Wildman–Crippen MR) is 72.6 cm³/mol. The number of hydrogen-bond acceptors (Lipinski definition) is 3. The van der Waals surface area contributed by atoms with E-state index in [2.05, 4.69) is 21.2 Å². The van der Waals surface area contributed by atoms with Gasteiger partial charge >= 0.3 is 0 Å². The van der Waals surface area contributed by atoms with E-state index in [1.54, 1.807) is 0 Å². The Hall–Kier alpha value is -0.390. The lowest BCUT2D eigenvalue weighted by atomic mass is 10.3. The highest BCUT2D eigenvalue weighted by Gasteiger charge is 2.15. The van der Waals surface area contributed by atoms with E-state index >= 15 is 0 Å². The molecule has 1 aliphatic carbocycles.